The van der Waals surface area contributed by atoms with Crippen molar-refractivity contribution in [2.45, 2.75) is 0 Å². The van der Waals surface area contributed by atoms with E-state index in [1.54, 1.807) is 0 Å². The van der Waals surface area contributed by atoms with E-state index in [1.807, 2.05) is 12.1 Å². The Morgan fingerprint density at radius 3 is 1.11 bits per heavy atom. The van der Waals surface area contributed by atoms with Crippen molar-refractivity contribution >= 4 is 109 Å². The molecule has 21 rings (SSSR count). The van der Waals surface area contributed by atoms with Crippen LogP contribution in [0.15, 0.2) is 367 Å². The lowest BCUT2D eigenvalue weighted by molar-refractivity contribution is 0.669. The SMILES string of the molecule is c1ccc(-c2ccc3c4c(-c5cccc6c5oc5ccc(-c7ccc(-c8cc(-n9c%10ccccc%10c%10ccccc%109)cc(-n9c%10ccccc%10c%10ccccc%109)c8)cc7)cc56)cc(-c5ccccc5)cc4n(-c4ccc(-c5ccc(-c6ccc7oc8ccccc8c7c6)cc5)cc4)c3c2)cc1. The molecular formula is C96H59N3O2. The normalized spacial score (nSPS) is 12.0. The first-order valence-corrected chi connectivity index (χ1v) is 34.6. The fraction of sp³-hybridized carbons (Fsp3) is 0. The summed E-state index contributed by atoms with van der Waals surface area (Å²) in [5.41, 5.74) is 29.6. The average Bonchev–Trinajstić information content (AvgIpc) is 1.59. The summed E-state index contributed by atoms with van der Waals surface area (Å²) in [6, 6.07) is 131. The Balaban J connectivity index is 0.679. The standard InChI is InChI=1S/C96H59N3O2/c1-3-18-60(19-4-1)69-44-49-82-90(57-69)97(72-47-42-63(43-48-72)62-34-36-64(37-35-62)67-45-50-93-83(54-67)79-26-11-16-33-92(79)100-93)91-58-71(61-20-5-2-6-21-61)56-85(95(82)91)81-28-17-27-80-84-55-68(46-51-94(84)101-96(80)81)65-38-40-66(41-39-65)70-52-73(98-86-29-12-7-22-75(86)76-23-8-13-30-87(76)98)59-74(53-70)99-88-31-14-9-24-77(88)78-25-10-15-32-89(78)99/h1-59H. The molecule has 21 aromatic rings. The van der Waals surface area contributed by atoms with Crippen LogP contribution in [0.5, 0.6) is 0 Å². The molecular weight excluding hydrogens is 1230 g/mol. The quantitative estimate of drug-likeness (QED) is 0.137. The number of benzene rings is 16. The van der Waals surface area contributed by atoms with Crippen LogP contribution in [0.25, 0.3) is 204 Å². The van der Waals surface area contributed by atoms with Gasteiger partial charge in [-0.1, -0.05) is 255 Å². The van der Waals surface area contributed by atoms with Gasteiger partial charge in [0.25, 0.3) is 0 Å². The molecule has 0 unspecified atom stereocenters. The van der Waals surface area contributed by atoms with Gasteiger partial charge in [-0.25, -0.2) is 0 Å². The summed E-state index contributed by atoms with van der Waals surface area (Å²) in [5, 5.41) is 11.7. The van der Waals surface area contributed by atoms with Crippen LogP contribution in [-0.2, 0) is 0 Å². The van der Waals surface area contributed by atoms with Gasteiger partial charge >= 0.3 is 0 Å². The van der Waals surface area contributed by atoms with E-state index in [4.69, 9.17) is 8.83 Å². The Morgan fingerprint density at radius 2 is 0.545 bits per heavy atom. The molecule has 0 aliphatic heterocycles. The number of fused-ring (bicyclic) bond motifs is 15. The van der Waals surface area contributed by atoms with E-state index >= 15 is 0 Å². The first-order chi connectivity index (χ1) is 50.0. The van der Waals surface area contributed by atoms with Crippen LogP contribution in [0.1, 0.15) is 0 Å². The monoisotopic (exact) mass is 1290 g/mol. The summed E-state index contributed by atoms with van der Waals surface area (Å²) in [7, 11) is 0. The predicted octanol–water partition coefficient (Wildman–Crippen LogP) is 26.4. The Hall–Kier alpha value is -13.5. The average molecular weight is 1290 g/mol. The molecule has 0 fully saturated rings. The summed E-state index contributed by atoms with van der Waals surface area (Å²) < 4.78 is 20.7. The molecule has 0 radical (unpaired) electrons. The number of furan rings is 2. The van der Waals surface area contributed by atoms with Crippen LogP contribution in [0, 0.1) is 0 Å². The van der Waals surface area contributed by atoms with Gasteiger partial charge in [-0.2, -0.15) is 0 Å². The van der Waals surface area contributed by atoms with Crippen LogP contribution in [-0.4, -0.2) is 13.7 Å². The summed E-state index contributed by atoms with van der Waals surface area (Å²) in [6.07, 6.45) is 0. The van der Waals surface area contributed by atoms with E-state index in [0.717, 1.165) is 155 Å². The highest BCUT2D eigenvalue weighted by atomic mass is 16.3. The molecule has 5 aromatic heterocycles. The number of aromatic nitrogens is 3. The van der Waals surface area contributed by atoms with Crippen LogP contribution in [0.3, 0.4) is 0 Å². The van der Waals surface area contributed by atoms with Crippen molar-refractivity contribution in [2.75, 3.05) is 0 Å². The number of para-hydroxylation sites is 6. The smallest absolute Gasteiger partial charge is 0.143 e. The highest BCUT2D eigenvalue weighted by Crippen LogP contribution is 2.47. The van der Waals surface area contributed by atoms with E-state index in [-0.39, 0.29) is 0 Å². The van der Waals surface area contributed by atoms with Gasteiger partial charge in [0, 0.05) is 76.5 Å². The molecule has 0 spiro atoms. The molecule has 0 aliphatic carbocycles. The molecule has 5 heterocycles. The Kier molecular flexibility index (Phi) is 12.7. The first-order valence-electron chi connectivity index (χ1n) is 34.6. The second-order valence-electron chi connectivity index (χ2n) is 26.7. The fourth-order valence-electron chi connectivity index (χ4n) is 16.3. The molecule has 5 nitrogen and oxygen atoms in total. The Morgan fingerprint density at radius 1 is 0.168 bits per heavy atom. The minimum atomic E-state index is 0.844. The van der Waals surface area contributed by atoms with E-state index in [1.165, 1.54) is 49.2 Å². The minimum absolute atomic E-state index is 0.844. The maximum atomic E-state index is 7.17. The zero-order valence-electron chi connectivity index (χ0n) is 54.7. The first kappa shape index (κ1) is 56.7. The van der Waals surface area contributed by atoms with Crippen molar-refractivity contribution in [2.24, 2.45) is 0 Å². The predicted molar refractivity (Wildman–Crippen MR) is 422 cm³/mol. The minimum Gasteiger partial charge on any atom is -0.456 e. The summed E-state index contributed by atoms with van der Waals surface area (Å²) in [4.78, 5) is 0. The molecule has 0 amide bonds. The highest BCUT2D eigenvalue weighted by Gasteiger charge is 2.24. The third-order valence-corrected chi connectivity index (χ3v) is 21.1. The maximum absolute atomic E-state index is 7.17. The number of nitrogens with zero attached hydrogens (tertiary/aromatic N) is 3. The molecule has 5 heteroatoms. The topological polar surface area (TPSA) is 41.1 Å². The molecule has 16 aromatic carbocycles. The number of rotatable bonds is 10. The lowest BCUT2D eigenvalue weighted by Gasteiger charge is -2.16. The molecule has 0 saturated heterocycles. The van der Waals surface area contributed by atoms with Gasteiger partial charge in [-0.15, -0.1) is 0 Å². The van der Waals surface area contributed by atoms with Crippen molar-refractivity contribution < 1.29 is 8.83 Å². The third kappa shape index (κ3) is 9.11. The molecule has 0 bridgehead atoms. The van der Waals surface area contributed by atoms with Crippen LogP contribution in [0.4, 0.5) is 0 Å². The zero-order valence-corrected chi connectivity index (χ0v) is 54.7. The van der Waals surface area contributed by atoms with Gasteiger partial charge < -0.3 is 22.5 Å². The van der Waals surface area contributed by atoms with E-state index < -0.39 is 0 Å². The van der Waals surface area contributed by atoms with Gasteiger partial charge in [0.1, 0.15) is 22.3 Å². The lowest BCUT2D eigenvalue weighted by Crippen LogP contribution is -2.00. The highest BCUT2D eigenvalue weighted by molar-refractivity contribution is 6.21. The van der Waals surface area contributed by atoms with Gasteiger partial charge in [0.15, 0.2) is 0 Å². The van der Waals surface area contributed by atoms with Crippen LogP contribution < -0.4 is 0 Å². The number of hydrogen-bond acceptors (Lipinski definition) is 2. The van der Waals surface area contributed by atoms with Crippen LogP contribution in [0.2, 0.25) is 0 Å². The van der Waals surface area contributed by atoms with E-state index in [0.29, 0.717) is 0 Å². The van der Waals surface area contributed by atoms with Crippen molar-refractivity contribution in [3.05, 3.63) is 358 Å². The van der Waals surface area contributed by atoms with Gasteiger partial charge in [-0.05, 0) is 175 Å². The Labute approximate surface area is 581 Å². The number of hydrogen-bond donors (Lipinski definition) is 0. The zero-order chi connectivity index (χ0) is 66.2. The largest absolute Gasteiger partial charge is 0.456 e. The molecule has 0 saturated carbocycles. The van der Waals surface area contributed by atoms with E-state index in [2.05, 4.69) is 359 Å². The van der Waals surface area contributed by atoms with Crippen LogP contribution >= 0.6 is 0 Å². The molecule has 0 atom stereocenters. The fourth-order valence-corrected chi connectivity index (χ4v) is 16.3. The van der Waals surface area contributed by atoms with Gasteiger partial charge in [-0.3, -0.25) is 0 Å². The summed E-state index contributed by atoms with van der Waals surface area (Å²) >= 11 is 0. The third-order valence-electron chi connectivity index (χ3n) is 21.1. The summed E-state index contributed by atoms with van der Waals surface area (Å²) in [6.45, 7) is 0. The molecule has 0 aliphatic rings. The van der Waals surface area contributed by atoms with E-state index in [9.17, 15) is 0 Å². The lowest BCUT2D eigenvalue weighted by atomic mass is 9.93. The second kappa shape index (κ2) is 22.5. The van der Waals surface area contributed by atoms with Crippen molar-refractivity contribution in [3.8, 4) is 95.0 Å². The summed E-state index contributed by atoms with van der Waals surface area (Å²) in [5.74, 6) is 0. The maximum Gasteiger partial charge on any atom is 0.143 e. The van der Waals surface area contributed by atoms with Crippen molar-refractivity contribution in [1.82, 2.24) is 13.7 Å². The van der Waals surface area contributed by atoms with Gasteiger partial charge in [0.2, 0.25) is 0 Å². The van der Waals surface area contributed by atoms with Crippen molar-refractivity contribution in [1.29, 1.82) is 0 Å². The molecule has 470 valence electrons. The second-order valence-corrected chi connectivity index (χ2v) is 26.7. The van der Waals surface area contributed by atoms with Gasteiger partial charge in [0.05, 0.1) is 33.1 Å². The van der Waals surface area contributed by atoms with Crippen molar-refractivity contribution in [3.63, 3.8) is 0 Å². The molecule has 101 heavy (non-hydrogen) atoms. The Bertz CT molecular complexity index is 6660. The molecule has 0 N–H and O–H groups in total.